The predicted molar refractivity (Wildman–Crippen MR) is 47.0 cm³/mol. The average molecular weight is 222 g/mol. The molecule has 2 unspecified atom stereocenters. The molecule has 0 aliphatic heterocycles. The van der Waals surface area contributed by atoms with Crippen LogP contribution in [0, 0.1) is 0 Å². The normalized spacial score (nSPS) is 14.3. The van der Waals surface area contributed by atoms with Crippen molar-refractivity contribution >= 4 is 11.9 Å². The maximum Gasteiger partial charge on any atom is 0.363 e. The lowest BCUT2D eigenvalue weighted by molar-refractivity contribution is -0.211. The van der Waals surface area contributed by atoms with E-state index in [9.17, 15) is 9.59 Å². The topological polar surface area (TPSA) is 102 Å². The first-order chi connectivity index (χ1) is 7.06. The highest BCUT2D eigenvalue weighted by Gasteiger charge is 2.28. The van der Waals surface area contributed by atoms with Gasteiger partial charge in [-0.25, -0.2) is 9.59 Å². The Labute approximate surface area is 86.5 Å². The molecule has 0 bridgehead atoms. The van der Waals surface area contributed by atoms with Gasteiger partial charge in [-0.1, -0.05) is 0 Å². The van der Waals surface area contributed by atoms with Crippen LogP contribution >= 0.6 is 0 Å². The highest BCUT2D eigenvalue weighted by Crippen LogP contribution is 2.03. The SMILES string of the molecule is CCOC(OC(CO)C(=O)O)C(=O)OC. The van der Waals surface area contributed by atoms with E-state index in [1.807, 2.05) is 0 Å². The average Bonchev–Trinajstić information content (AvgIpc) is 2.22. The molecule has 0 rings (SSSR count). The lowest BCUT2D eigenvalue weighted by atomic mass is 10.4. The molecular formula is C8H14O7. The van der Waals surface area contributed by atoms with Crippen molar-refractivity contribution in [3.05, 3.63) is 0 Å². The number of methoxy groups -OCH3 is 1. The first-order valence-electron chi connectivity index (χ1n) is 4.25. The number of aliphatic hydroxyl groups excluding tert-OH is 1. The maximum atomic E-state index is 11.0. The molecular weight excluding hydrogens is 208 g/mol. The van der Waals surface area contributed by atoms with Gasteiger partial charge in [0.15, 0.2) is 6.10 Å². The number of carboxylic acids is 1. The van der Waals surface area contributed by atoms with Crippen molar-refractivity contribution in [2.24, 2.45) is 0 Å². The lowest BCUT2D eigenvalue weighted by Gasteiger charge is -2.18. The van der Waals surface area contributed by atoms with E-state index in [1.165, 1.54) is 0 Å². The molecule has 0 saturated carbocycles. The highest BCUT2D eigenvalue weighted by atomic mass is 16.7. The molecule has 0 aliphatic carbocycles. The van der Waals surface area contributed by atoms with E-state index in [2.05, 4.69) is 4.74 Å². The molecule has 2 N–H and O–H groups in total. The molecule has 0 saturated heterocycles. The van der Waals surface area contributed by atoms with Crippen LogP contribution in [0.15, 0.2) is 0 Å². The van der Waals surface area contributed by atoms with Gasteiger partial charge in [0.25, 0.3) is 6.29 Å². The number of esters is 1. The van der Waals surface area contributed by atoms with Gasteiger partial charge in [0.2, 0.25) is 0 Å². The van der Waals surface area contributed by atoms with Gasteiger partial charge in [-0.15, -0.1) is 0 Å². The summed E-state index contributed by atoms with van der Waals surface area (Å²) in [6.45, 7) is 1.00. The second-order valence-corrected chi connectivity index (χ2v) is 2.46. The van der Waals surface area contributed by atoms with Crippen LogP contribution in [0.2, 0.25) is 0 Å². The van der Waals surface area contributed by atoms with Gasteiger partial charge >= 0.3 is 11.9 Å². The molecule has 0 spiro atoms. The van der Waals surface area contributed by atoms with Crippen LogP contribution in [0.3, 0.4) is 0 Å². The standard InChI is InChI=1S/C8H14O7/c1-3-14-8(7(12)13-2)15-5(4-9)6(10)11/h5,8-9H,3-4H2,1-2H3,(H,10,11). The monoisotopic (exact) mass is 222 g/mol. The summed E-state index contributed by atoms with van der Waals surface area (Å²) in [5.74, 6) is -2.23. The fourth-order valence-electron chi connectivity index (χ4n) is 0.739. The van der Waals surface area contributed by atoms with Crippen molar-refractivity contribution in [3.8, 4) is 0 Å². The molecule has 0 aromatic rings. The fraction of sp³-hybridized carbons (Fsp3) is 0.750. The van der Waals surface area contributed by atoms with Gasteiger partial charge in [0.05, 0.1) is 13.7 Å². The van der Waals surface area contributed by atoms with Crippen LogP contribution in [0.25, 0.3) is 0 Å². The minimum absolute atomic E-state index is 0.150. The van der Waals surface area contributed by atoms with Gasteiger partial charge in [-0.2, -0.15) is 0 Å². The Morgan fingerprint density at radius 2 is 2.00 bits per heavy atom. The Balaban J connectivity index is 4.37. The van der Waals surface area contributed by atoms with Gasteiger partial charge in [-0.3, -0.25) is 0 Å². The van der Waals surface area contributed by atoms with Crippen LogP contribution in [0.5, 0.6) is 0 Å². The minimum Gasteiger partial charge on any atom is -0.479 e. The number of rotatable bonds is 7. The molecule has 0 aromatic carbocycles. The van der Waals surface area contributed by atoms with Crippen molar-refractivity contribution < 1.29 is 34.0 Å². The second kappa shape index (κ2) is 7.16. The van der Waals surface area contributed by atoms with Crippen LogP contribution in [-0.2, 0) is 23.8 Å². The quantitative estimate of drug-likeness (QED) is 0.420. The summed E-state index contributed by atoms with van der Waals surface area (Å²) in [5.41, 5.74) is 0. The smallest absolute Gasteiger partial charge is 0.363 e. The highest BCUT2D eigenvalue weighted by molar-refractivity contribution is 5.75. The van der Waals surface area contributed by atoms with E-state index in [-0.39, 0.29) is 6.61 Å². The Morgan fingerprint density at radius 1 is 1.40 bits per heavy atom. The Bertz CT molecular complexity index is 215. The van der Waals surface area contributed by atoms with Crippen LogP contribution < -0.4 is 0 Å². The van der Waals surface area contributed by atoms with E-state index < -0.39 is 30.9 Å². The lowest BCUT2D eigenvalue weighted by Crippen LogP contribution is -2.38. The summed E-state index contributed by atoms with van der Waals surface area (Å²) in [6, 6.07) is 0. The molecule has 0 amide bonds. The molecule has 88 valence electrons. The number of hydrogen-bond donors (Lipinski definition) is 2. The summed E-state index contributed by atoms with van der Waals surface area (Å²) in [5, 5.41) is 17.2. The predicted octanol–water partition coefficient (Wildman–Crippen LogP) is -1.02. The Hall–Kier alpha value is -1.18. The number of carbonyl (C=O) groups excluding carboxylic acids is 1. The van der Waals surface area contributed by atoms with Gasteiger partial charge in [0, 0.05) is 6.61 Å². The number of carbonyl (C=O) groups is 2. The van der Waals surface area contributed by atoms with Crippen LogP contribution in [-0.4, -0.2) is 54.9 Å². The van der Waals surface area contributed by atoms with Crippen molar-refractivity contribution in [2.45, 2.75) is 19.3 Å². The van der Waals surface area contributed by atoms with Crippen molar-refractivity contribution in [1.29, 1.82) is 0 Å². The molecule has 0 radical (unpaired) electrons. The summed E-state index contributed by atoms with van der Waals surface area (Å²) >= 11 is 0. The summed E-state index contributed by atoms with van der Waals surface area (Å²) in [7, 11) is 1.12. The molecule has 2 atom stereocenters. The summed E-state index contributed by atoms with van der Waals surface area (Å²) < 4.78 is 13.8. The van der Waals surface area contributed by atoms with Crippen LogP contribution in [0.4, 0.5) is 0 Å². The Kier molecular flexibility index (Phi) is 6.59. The number of carboxylic acid groups (broad SMARTS) is 1. The number of aliphatic hydroxyl groups is 1. The first kappa shape index (κ1) is 13.8. The van der Waals surface area contributed by atoms with Gasteiger partial charge < -0.3 is 24.4 Å². The molecule has 15 heavy (non-hydrogen) atoms. The van der Waals surface area contributed by atoms with Crippen molar-refractivity contribution in [1.82, 2.24) is 0 Å². The molecule has 7 nitrogen and oxygen atoms in total. The molecule has 0 fully saturated rings. The van der Waals surface area contributed by atoms with Gasteiger partial charge in [0.1, 0.15) is 0 Å². The minimum atomic E-state index is -1.51. The van der Waals surface area contributed by atoms with E-state index in [4.69, 9.17) is 19.7 Å². The number of aliphatic carboxylic acids is 1. The summed E-state index contributed by atoms with van der Waals surface area (Å²) in [6.07, 6.45) is -2.95. The Morgan fingerprint density at radius 3 is 2.33 bits per heavy atom. The van der Waals surface area contributed by atoms with E-state index in [1.54, 1.807) is 6.92 Å². The van der Waals surface area contributed by atoms with Gasteiger partial charge in [-0.05, 0) is 6.92 Å². The molecule has 0 heterocycles. The third kappa shape index (κ3) is 4.73. The second-order valence-electron chi connectivity index (χ2n) is 2.46. The van der Waals surface area contributed by atoms with E-state index in [0.29, 0.717) is 0 Å². The molecule has 0 aliphatic rings. The number of hydrogen-bond acceptors (Lipinski definition) is 6. The maximum absolute atomic E-state index is 11.0. The van der Waals surface area contributed by atoms with Crippen molar-refractivity contribution in [2.75, 3.05) is 20.3 Å². The number of ether oxygens (including phenoxy) is 3. The first-order valence-corrected chi connectivity index (χ1v) is 4.25. The zero-order chi connectivity index (χ0) is 11.8. The fourth-order valence-corrected chi connectivity index (χ4v) is 0.739. The summed E-state index contributed by atoms with van der Waals surface area (Å²) in [4.78, 5) is 21.5. The third-order valence-corrected chi connectivity index (χ3v) is 1.44. The van der Waals surface area contributed by atoms with E-state index >= 15 is 0 Å². The zero-order valence-electron chi connectivity index (χ0n) is 8.50. The van der Waals surface area contributed by atoms with Crippen LogP contribution in [0.1, 0.15) is 6.92 Å². The largest absolute Gasteiger partial charge is 0.479 e. The zero-order valence-corrected chi connectivity index (χ0v) is 8.50. The van der Waals surface area contributed by atoms with E-state index in [0.717, 1.165) is 7.11 Å². The molecule has 0 aromatic heterocycles. The third-order valence-electron chi connectivity index (χ3n) is 1.44. The molecule has 7 heteroatoms. The van der Waals surface area contributed by atoms with Crippen molar-refractivity contribution in [3.63, 3.8) is 0 Å².